The summed E-state index contributed by atoms with van der Waals surface area (Å²) >= 11 is 15.8. The van der Waals surface area contributed by atoms with E-state index in [-0.39, 0.29) is 37.0 Å². The van der Waals surface area contributed by atoms with Crippen molar-refractivity contribution in [3.63, 3.8) is 0 Å². The number of hydrogen-bond acceptors (Lipinski definition) is 8. The first kappa shape index (κ1) is 42.3. The summed E-state index contributed by atoms with van der Waals surface area (Å²) in [6, 6.07) is 25.5. The molecule has 8 aromatic rings. The minimum absolute atomic E-state index is 0.00321. The van der Waals surface area contributed by atoms with Gasteiger partial charge in [0.2, 0.25) is 0 Å². The highest BCUT2D eigenvalue weighted by Gasteiger charge is 2.14. The maximum atomic E-state index is 11.5. The summed E-state index contributed by atoms with van der Waals surface area (Å²) in [5, 5.41) is 5.85. The fraction of sp³-hybridized carbons (Fsp3) is 0. The van der Waals surface area contributed by atoms with E-state index in [9.17, 15) is 31.2 Å². The number of rotatable bonds is 2. The second-order valence-corrected chi connectivity index (χ2v) is 19.1. The van der Waals surface area contributed by atoms with Crippen molar-refractivity contribution >= 4 is 142 Å². The van der Waals surface area contributed by atoms with Crippen LogP contribution in [0, 0.1) is 0 Å². The van der Waals surface area contributed by atoms with Crippen molar-refractivity contribution in [1.29, 1.82) is 0 Å². The van der Waals surface area contributed by atoms with Gasteiger partial charge in [-0.3, -0.25) is 14.4 Å². The van der Waals surface area contributed by atoms with Gasteiger partial charge in [0.25, 0.3) is 34.8 Å². The van der Waals surface area contributed by atoms with Gasteiger partial charge in [-0.1, -0.05) is 60.1 Å². The largest absolute Gasteiger partial charge is 0.329 e. The minimum Gasteiger partial charge on any atom is -0.329 e. The smallest absolute Gasteiger partial charge is 0.261 e. The number of nitrogens with one attached hydrogen (secondary N) is 3. The highest BCUT2D eigenvalue weighted by Crippen LogP contribution is 2.31. The van der Waals surface area contributed by atoms with Gasteiger partial charge in [0.1, 0.15) is 5.15 Å². The Balaban J connectivity index is 0.000000142. The Morgan fingerprint density at radius 2 is 0.964 bits per heavy atom. The lowest BCUT2D eigenvalue weighted by Crippen LogP contribution is -2.06. The topological polar surface area (TPSA) is 180 Å². The summed E-state index contributed by atoms with van der Waals surface area (Å²) in [6.07, 6.45) is 6.37. The third kappa shape index (κ3) is 10.5. The molecule has 0 spiro atoms. The molecule has 0 aliphatic heterocycles. The van der Waals surface area contributed by atoms with Crippen LogP contribution in [0.15, 0.2) is 153 Å². The molecule has 55 heavy (non-hydrogen) atoms. The van der Waals surface area contributed by atoms with Crippen LogP contribution in [0.25, 0.3) is 43.1 Å². The van der Waals surface area contributed by atoms with Crippen molar-refractivity contribution in [2.75, 3.05) is 0 Å². The van der Waals surface area contributed by atoms with Crippen LogP contribution in [0.4, 0.5) is 0 Å². The summed E-state index contributed by atoms with van der Waals surface area (Å²) in [7, 11) is 2.87. The van der Waals surface area contributed by atoms with E-state index < -0.39 is 18.1 Å². The molecule has 4 aromatic heterocycles. The number of pyridine rings is 4. The second-order valence-electron chi connectivity index (χ2n) is 11.1. The molecule has 8 rings (SSSR count). The van der Waals surface area contributed by atoms with E-state index in [2.05, 4.69) is 67.7 Å². The van der Waals surface area contributed by atoms with Crippen LogP contribution < -0.4 is 16.7 Å². The monoisotopic (exact) mass is 1030 g/mol. The Bertz CT molecular complexity index is 3140. The van der Waals surface area contributed by atoms with Gasteiger partial charge < -0.3 is 15.0 Å². The lowest BCUT2D eigenvalue weighted by molar-refractivity contribution is 0.608. The van der Waals surface area contributed by atoms with Crippen molar-refractivity contribution in [3.05, 3.63) is 165 Å². The Kier molecular flexibility index (Phi) is 13.8. The van der Waals surface area contributed by atoms with Gasteiger partial charge in [-0.2, -0.15) is 0 Å². The zero-order chi connectivity index (χ0) is 40.1. The molecule has 0 radical (unpaired) electrons. The van der Waals surface area contributed by atoms with Crippen LogP contribution in [0.5, 0.6) is 0 Å². The number of nitrogens with zero attached hydrogens (tertiary/aromatic N) is 1. The summed E-state index contributed by atoms with van der Waals surface area (Å²) in [4.78, 5) is 45.4. The van der Waals surface area contributed by atoms with E-state index in [0.717, 1.165) is 30.5 Å². The van der Waals surface area contributed by atoms with Crippen molar-refractivity contribution in [1.82, 2.24) is 19.9 Å². The molecule has 0 atom stereocenters. The zero-order valence-corrected chi connectivity index (χ0v) is 36.0. The number of fused-ring (bicyclic) bond motifs is 4. The average Bonchev–Trinajstić information content (AvgIpc) is 3.16. The summed E-state index contributed by atoms with van der Waals surface area (Å²) < 4.78 is 46.9. The molecule has 0 saturated carbocycles. The molecule has 0 saturated heterocycles. The van der Waals surface area contributed by atoms with Crippen LogP contribution in [0.3, 0.4) is 0 Å². The van der Waals surface area contributed by atoms with Crippen molar-refractivity contribution in [3.8, 4) is 0 Å². The molecule has 0 unspecified atom stereocenters. The van der Waals surface area contributed by atoms with Gasteiger partial charge in [0.15, 0.2) is 0 Å². The fourth-order valence-corrected chi connectivity index (χ4v) is 8.10. The first-order valence-corrected chi connectivity index (χ1v) is 22.6. The number of halogens is 6. The highest BCUT2D eigenvalue weighted by molar-refractivity contribution is 9.11. The maximum Gasteiger partial charge on any atom is 0.261 e. The third-order valence-electron chi connectivity index (χ3n) is 7.59. The van der Waals surface area contributed by atoms with Gasteiger partial charge >= 0.3 is 0 Å². The molecule has 19 heteroatoms. The Morgan fingerprint density at radius 3 is 1.51 bits per heavy atom. The Morgan fingerprint density at radius 1 is 0.509 bits per heavy atom. The molecule has 282 valence electrons. The van der Waals surface area contributed by atoms with E-state index in [1.165, 1.54) is 36.5 Å². The molecule has 4 heterocycles. The molecule has 0 fully saturated rings. The second kappa shape index (κ2) is 17.9. The highest BCUT2D eigenvalue weighted by atomic mass is 79.9. The molecule has 4 aromatic carbocycles. The van der Waals surface area contributed by atoms with Gasteiger partial charge in [-0.25, -0.2) is 21.8 Å². The van der Waals surface area contributed by atoms with Gasteiger partial charge in [-0.05, 0) is 95.6 Å². The average molecular weight is 1030 g/mol. The van der Waals surface area contributed by atoms with E-state index in [4.69, 9.17) is 33.0 Å². The molecule has 0 amide bonds. The normalized spacial score (nSPS) is 11.2. The first-order chi connectivity index (χ1) is 26.0. The minimum atomic E-state index is -3.82. The quantitative estimate of drug-likeness (QED) is 0.113. The molecule has 0 aliphatic rings. The van der Waals surface area contributed by atoms with Crippen LogP contribution in [-0.4, -0.2) is 36.8 Å². The van der Waals surface area contributed by atoms with E-state index in [1.54, 1.807) is 30.7 Å². The lowest BCUT2D eigenvalue weighted by Gasteiger charge is -2.03. The summed E-state index contributed by atoms with van der Waals surface area (Å²) in [5.74, 6) is 0. The van der Waals surface area contributed by atoms with Gasteiger partial charge in [-0.15, -0.1) is 0 Å². The van der Waals surface area contributed by atoms with Gasteiger partial charge in [0, 0.05) is 97.3 Å². The van der Waals surface area contributed by atoms with E-state index >= 15 is 0 Å². The van der Waals surface area contributed by atoms with Crippen molar-refractivity contribution < 1.29 is 16.8 Å². The summed E-state index contributed by atoms with van der Waals surface area (Å²) in [5.41, 5.74) is -0.433. The Labute approximate surface area is 350 Å². The molecule has 3 N–H and O–H groups in total. The predicted octanol–water partition coefficient (Wildman–Crippen LogP) is 9.61. The Hall–Kier alpha value is -3.87. The number of benzene rings is 4. The van der Waals surface area contributed by atoms with Crippen LogP contribution >= 0.6 is 80.8 Å². The lowest BCUT2D eigenvalue weighted by atomic mass is 10.2. The van der Waals surface area contributed by atoms with E-state index in [1.807, 2.05) is 48.5 Å². The fourth-order valence-electron chi connectivity index (χ4n) is 4.97. The maximum absolute atomic E-state index is 11.5. The molecule has 0 aliphatic carbocycles. The SMILES string of the molecule is O=S(=O)(Cl)c1ccc2c(Br)cnc(Cl)c2c1.O=c1[nH]cc(Br)c2ccc(S(=O)(=O)Cl)cc12.O=c1[nH]cc(Br)c2ccccc12.O=c1[nH]ccc2ccccc12. The third-order valence-corrected chi connectivity index (χ3v) is 12.5. The molecule has 0 bridgehead atoms. The van der Waals surface area contributed by atoms with Crippen LogP contribution in [0.1, 0.15) is 0 Å². The zero-order valence-electron chi connectivity index (χ0n) is 27.4. The predicted molar refractivity (Wildman–Crippen MR) is 230 cm³/mol. The number of hydrogen-bond donors (Lipinski definition) is 3. The van der Waals surface area contributed by atoms with E-state index in [0.29, 0.717) is 20.6 Å². The first-order valence-electron chi connectivity index (χ1n) is 15.2. The van der Waals surface area contributed by atoms with Gasteiger partial charge in [0.05, 0.1) is 9.79 Å². The molecular formula is C36H22Br3Cl3N4O7S2. The van der Waals surface area contributed by atoms with Crippen LogP contribution in [0.2, 0.25) is 5.15 Å². The molecule has 11 nitrogen and oxygen atoms in total. The standard InChI is InChI=1S/C9H4BrCl2NO2S.C9H5BrClNO3S.C9H6BrNO.C9H7NO/c10-8-4-13-9(11)7-3-5(16(12,14)15)1-2-6(7)8;10-8-4-12-9(13)7-3-5(16(11,14)15)1-2-6(7)8;10-8-5-11-9(12)7-4-2-1-3-6(7)8;11-9-8-4-2-1-3-7(8)5-6-10-9/h1-4H;1-4H,(H,12,13);1-5H,(H,11,12);1-6H,(H,10,11). The van der Waals surface area contributed by atoms with Crippen molar-refractivity contribution in [2.24, 2.45) is 0 Å². The number of H-pyrrole nitrogens is 3. The van der Waals surface area contributed by atoms with Crippen LogP contribution in [-0.2, 0) is 18.1 Å². The molecular weight excluding hydrogens is 1010 g/mol. The number of aromatic nitrogens is 4. The number of aromatic amines is 3. The summed E-state index contributed by atoms with van der Waals surface area (Å²) in [6.45, 7) is 0. The van der Waals surface area contributed by atoms with Crippen molar-refractivity contribution in [2.45, 2.75) is 9.79 Å².